The standard InChI is InChI=1S/C25H31ClN8O2/c1-14(27)21(35)10-15-2-4-17(5-3-15)31-23-12-19(30-16-6-7-16)24-29-13-20(34(24)33-23)25(36)32-18-8-9-28-22(26)11-18/h8-9,11-17,30H,2-7,10,27H2,1H3,(H,31,33)(H,28,32,36)/t14-,15?,17?/m1/s1. The molecule has 11 heteroatoms. The van der Waals surface area contributed by atoms with Crippen LogP contribution < -0.4 is 21.7 Å². The molecule has 1 atom stereocenters. The molecule has 5 N–H and O–H groups in total. The van der Waals surface area contributed by atoms with E-state index in [1.54, 1.807) is 23.6 Å². The number of Topliss-reactive ketones (excluding diaryl/α,β-unsaturated/α-hetero) is 1. The summed E-state index contributed by atoms with van der Waals surface area (Å²) < 4.78 is 1.58. The summed E-state index contributed by atoms with van der Waals surface area (Å²) in [6.07, 6.45) is 9.67. The number of imidazole rings is 1. The highest BCUT2D eigenvalue weighted by atomic mass is 35.5. The minimum Gasteiger partial charge on any atom is -0.379 e. The number of carbonyl (C=O) groups excluding carboxylic acids is 2. The zero-order valence-corrected chi connectivity index (χ0v) is 21.0. The number of halogens is 1. The first-order valence-electron chi connectivity index (χ1n) is 12.5. The van der Waals surface area contributed by atoms with E-state index in [9.17, 15) is 9.59 Å². The second kappa shape index (κ2) is 10.4. The second-order valence-corrected chi connectivity index (χ2v) is 10.3. The fourth-order valence-corrected chi connectivity index (χ4v) is 4.79. The Bertz CT molecular complexity index is 1260. The number of anilines is 3. The van der Waals surface area contributed by atoms with Crippen LogP contribution in [0.25, 0.3) is 5.65 Å². The van der Waals surface area contributed by atoms with Gasteiger partial charge in [0, 0.05) is 36.5 Å². The molecule has 2 aliphatic rings. The van der Waals surface area contributed by atoms with Crippen LogP contribution in [0.5, 0.6) is 0 Å². The van der Waals surface area contributed by atoms with Crippen molar-refractivity contribution in [1.82, 2.24) is 19.6 Å². The van der Waals surface area contributed by atoms with Gasteiger partial charge >= 0.3 is 0 Å². The monoisotopic (exact) mass is 510 g/mol. The molecule has 3 aromatic heterocycles. The lowest BCUT2D eigenvalue weighted by molar-refractivity contribution is -0.121. The van der Waals surface area contributed by atoms with Gasteiger partial charge in [0.15, 0.2) is 11.3 Å². The Labute approximate surface area is 214 Å². The van der Waals surface area contributed by atoms with Gasteiger partial charge in [-0.3, -0.25) is 9.59 Å². The molecule has 0 aromatic carbocycles. The number of hydrogen-bond donors (Lipinski definition) is 4. The predicted molar refractivity (Wildman–Crippen MR) is 139 cm³/mol. The summed E-state index contributed by atoms with van der Waals surface area (Å²) in [6.45, 7) is 1.75. The Morgan fingerprint density at radius 3 is 2.53 bits per heavy atom. The molecule has 3 heterocycles. The Kier molecular flexibility index (Phi) is 7.06. The van der Waals surface area contributed by atoms with E-state index in [1.807, 2.05) is 6.07 Å². The molecule has 36 heavy (non-hydrogen) atoms. The topological polar surface area (TPSA) is 139 Å². The molecule has 5 rings (SSSR count). The fraction of sp³-hybridized carbons (Fsp3) is 0.480. The molecule has 190 valence electrons. The van der Waals surface area contributed by atoms with Crippen LogP contribution >= 0.6 is 11.6 Å². The molecule has 0 spiro atoms. The van der Waals surface area contributed by atoms with Gasteiger partial charge in [-0.15, -0.1) is 5.10 Å². The van der Waals surface area contributed by atoms with E-state index in [0.29, 0.717) is 46.4 Å². The van der Waals surface area contributed by atoms with E-state index in [1.165, 1.54) is 12.4 Å². The highest BCUT2D eigenvalue weighted by Gasteiger charge is 2.27. The average Bonchev–Trinajstić information content (AvgIpc) is 3.55. The van der Waals surface area contributed by atoms with Crippen molar-refractivity contribution in [1.29, 1.82) is 0 Å². The summed E-state index contributed by atoms with van der Waals surface area (Å²) in [5, 5.41) is 14.9. The van der Waals surface area contributed by atoms with Crippen LogP contribution in [0.2, 0.25) is 5.15 Å². The number of ketones is 1. The van der Waals surface area contributed by atoms with Gasteiger partial charge in [0.25, 0.3) is 5.91 Å². The molecule has 0 bridgehead atoms. The zero-order valence-electron chi connectivity index (χ0n) is 20.2. The molecule has 2 fully saturated rings. The van der Waals surface area contributed by atoms with Crippen molar-refractivity contribution < 1.29 is 9.59 Å². The van der Waals surface area contributed by atoms with Crippen molar-refractivity contribution in [3.63, 3.8) is 0 Å². The summed E-state index contributed by atoms with van der Waals surface area (Å²) in [4.78, 5) is 33.5. The molecule has 3 aromatic rings. The number of carbonyl (C=O) groups is 2. The summed E-state index contributed by atoms with van der Waals surface area (Å²) >= 11 is 5.95. The number of fused-ring (bicyclic) bond motifs is 1. The average molecular weight is 511 g/mol. The van der Waals surface area contributed by atoms with Gasteiger partial charge < -0.3 is 21.7 Å². The maximum absolute atomic E-state index is 13.1. The SMILES string of the molecule is C[C@@H](N)C(=O)CC1CCC(Nc2cc(NC3CC3)c3ncc(C(=O)Nc4ccnc(Cl)c4)n3n2)CC1. The number of nitrogens with two attached hydrogens (primary N) is 1. The molecule has 10 nitrogen and oxygen atoms in total. The van der Waals surface area contributed by atoms with Crippen LogP contribution in [0.15, 0.2) is 30.6 Å². The first-order valence-corrected chi connectivity index (χ1v) is 12.9. The largest absolute Gasteiger partial charge is 0.379 e. The number of nitrogens with zero attached hydrogens (tertiary/aromatic N) is 4. The lowest BCUT2D eigenvalue weighted by Crippen LogP contribution is -2.32. The van der Waals surface area contributed by atoms with Crippen LogP contribution in [0, 0.1) is 5.92 Å². The number of aromatic nitrogens is 4. The van der Waals surface area contributed by atoms with E-state index in [2.05, 4.69) is 25.9 Å². The van der Waals surface area contributed by atoms with Crippen molar-refractivity contribution in [3.05, 3.63) is 41.4 Å². The van der Waals surface area contributed by atoms with Crippen LogP contribution in [-0.2, 0) is 4.79 Å². The number of hydrogen-bond acceptors (Lipinski definition) is 8. The maximum Gasteiger partial charge on any atom is 0.276 e. The van der Waals surface area contributed by atoms with Crippen LogP contribution in [0.1, 0.15) is 62.4 Å². The van der Waals surface area contributed by atoms with E-state index in [0.717, 1.165) is 44.2 Å². The predicted octanol–water partition coefficient (Wildman–Crippen LogP) is 3.88. The third kappa shape index (κ3) is 5.76. The van der Waals surface area contributed by atoms with Gasteiger partial charge in [-0.05, 0) is 63.5 Å². The van der Waals surface area contributed by atoms with Gasteiger partial charge in [-0.2, -0.15) is 0 Å². The molecular weight excluding hydrogens is 480 g/mol. The Morgan fingerprint density at radius 1 is 1.11 bits per heavy atom. The Morgan fingerprint density at radius 2 is 1.83 bits per heavy atom. The third-order valence-corrected chi connectivity index (χ3v) is 7.02. The van der Waals surface area contributed by atoms with Crippen LogP contribution in [0.3, 0.4) is 0 Å². The van der Waals surface area contributed by atoms with Gasteiger partial charge in [0.1, 0.15) is 16.8 Å². The number of nitrogens with one attached hydrogen (secondary N) is 3. The number of rotatable bonds is 9. The lowest BCUT2D eigenvalue weighted by Gasteiger charge is -2.29. The van der Waals surface area contributed by atoms with Crippen LogP contribution in [-0.4, -0.2) is 49.4 Å². The van der Waals surface area contributed by atoms with E-state index < -0.39 is 6.04 Å². The van der Waals surface area contributed by atoms with Crippen molar-refractivity contribution in [3.8, 4) is 0 Å². The molecule has 2 aliphatic carbocycles. The Hall–Kier alpha value is -3.24. The molecule has 2 saturated carbocycles. The quantitative estimate of drug-likeness (QED) is 0.318. The molecule has 1 amide bonds. The third-order valence-electron chi connectivity index (χ3n) is 6.82. The maximum atomic E-state index is 13.1. The van der Waals surface area contributed by atoms with Crippen molar-refractivity contribution >= 4 is 46.1 Å². The second-order valence-electron chi connectivity index (χ2n) is 9.88. The van der Waals surface area contributed by atoms with E-state index >= 15 is 0 Å². The first kappa shape index (κ1) is 24.5. The zero-order chi connectivity index (χ0) is 25.2. The van der Waals surface area contributed by atoms with E-state index in [4.69, 9.17) is 22.4 Å². The van der Waals surface area contributed by atoms with Gasteiger partial charge in [-0.1, -0.05) is 11.6 Å². The highest BCUT2D eigenvalue weighted by Crippen LogP contribution is 2.31. The number of amides is 1. The minimum absolute atomic E-state index is 0.134. The molecule has 0 aliphatic heterocycles. The van der Waals surface area contributed by atoms with Crippen molar-refractivity contribution in [2.45, 2.75) is 70.0 Å². The first-order chi connectivity index (χ1) is 17.4. The van der Waals surface area contributed by atoms with Crippen molar-refractivity contribution in [2.75, 3.05) is 16.0 Å². The lowest BCUT2D eigenvalue weighted by atomic mass is 9.82. The van der Waals surface area contributed by atoms with Crippen LogP contribution in [0.4, 0.5) is 17.2 Å². The minimum atomic E-state index is -0.397. The number of pyridine rings is 1. The smallest absolute Gasteiger partial charge is 0.276 e. The highest BCUT2D eigenvalue weighted by molar-refractivity contribution is 6.29. The summed E-state index contributed by atoms with van der Waals surface area (Å²) in [5.74, 6) is 0.856. The van der Waals surface area contributed by atoms with E-state index in [-0.39, 0.29) is 17.7 Å². The van der Waals surface area contributed by atoms with Gasteiger partial charge in [0.2, 0.25) is 0 Å². The molecule has 0 radical (unpaired) electrons. The Balaban J connectivity index is 1.33. The van der Waals surface area contributed by atoms with Crippen molar-refractivity contribution in [2.24, 2.45) is 11.7 Å². The molecule has 0 unspecified atom stereocenters. The van der Waals surface area contributed by atoms with Gasteiger partial charge in [0.05, 0.1) is 17.9 Å². The van der Waals surface area contributed by atoms with Gasteiger partial charge in [-0.25, -0.2) is 14.5 Å². The summed E-state index contributed by atoms with van der Waals surface area (Å²) in [5.41, 5.74) is 8.04. The normalized spacial score (nSPS) is 20.6. The molecular formula is C25H31ClN8O2. The fourth-order valence-electron chi connectivity index (χ4n) is 4.61. The summed E-state index contributed by atoms with van der Waals surface area (Å²) in [7, 11) is 0. The molecule has 0 saturated heterocycles. The summed E-state index contributed by atoms with van der Waals surface area (Å²) in [6, 6.07) is 5.48.